The lowest BCUT2D eigenvalue weighted by atomic mass is 10.1. The quantitative estimate of drug-likeness (QED) is 0.254. The number of unbranched alkanes of at least 4 members (excludes halogenated alkanes) is 9. The average Bonchev–Trinajstić information content (AvgIpc) is 2.46. The first-order valence-electron chi connectivity index (χ1n) is 9.09. The topological polar surface area (TPSA) is 0 Å². The molecule has 0 radical (unpaired) electrons. The van der Waals surface area contributed by atoms with Crippen LogP contribution < -0.4 is 34.0 Å². The van der Waals surface area contributed by atoms with Crippen LogP contribution in [0.1, 0.15) is 91.9 Å². The zero-order chi connectivity index (χ0) is 14.4. The van der Waals surface area contributed by atoms with E-state index in [1.165, 1.54) is 82.7 Å². The fourth-order valence-electron chi connectivity index (χ4n) is 3.08. The van der Waals surface area contributed by atoms with Gasteiger partial charge in [-0.15, -0.1) is 0 Å². The van der Waals surface area contributed by atoms with Crippen molar-refractivity contribution in [1.82, 2.24) is 0 Å². The Hall–Kier alpha value is 1.82. The fourth-order valence-corrected chi connectivity index (χ4v) is 6.26. The van der Waals surface area contributed by atoms with Crippen molar-refractivity contribution in [3.05, 3.63) is 0 Å². The van der Waals surface area contributed by atoms with Crippen molar-refractivity contribution in [2.75, 3.05) is 24.6 Å². The highest BCUT2D eigenvalue weighted by atomic mass is 79.9. The number of halogens is 2. The number of rotatable bonds is 14. The molecule has 22 heavy (non-hydrogen) atoms. The van der Waals surface area contributed by atoms with E-state index < -0.39 is 7.26 Å². The fraction of sp³-hybridized carbons (Fsp3) is 1.00. The van der Waals surface area contributed by atoms with Crippen molar-refractivity contribution in [1.29, 1.82) is 0 Å². The lowest BCUT2D eigenvalue weighted by Gasteiger charge is -2.23. The SMILES string of the molecule is CCCCCCCCCCCC[P+](CC)(CC)CC.[Br-].[Br-].[PH4+]. The van der Waals surface area contributed by atoms with Gasteiger partial charge in [0.05, 0.1) is 24.6 Å². The Bertz CT molecular complexity index is 178. The summed E-state index contributed by atoms with van der Waals surface area (Å²) in [5.74, 6) is 0. The minimum atomic E-state index is -0.513. The second-order valence-corrected chi connectivity index (χ2v) is 11.2. The lowest BCUT2D eigenvalue weighted by molar-refractivity contribution is -0.00100. The summed E-state index contributed by atoms with van der Waals surface area (Å²) in [5, 5.41) is 0. The summed E-state index contributed by atoms with van der Waals surface area (Å²) in [6.07, 6.45) is 20.7. The minimum Gasteiger partial charge on any atom is -1.00 e. The maximum absolute atomic E-state index is 2.43. The van der Waals surface area contributed by atoms with Crippen LogP contribution in [-0.4, -0.2) is 24.6 Å². The standard InChI is InChI=1S/C18H40P.2BrH.H3P/c1-5-9-10-11-12-13-14-15-16-17-18-19(6-2,7-3)8-4;;;/h5-18H2,1-4H3;2*1H;1H3/q+1;;;/p-1. The van der Waals surface area contributed by atoms with Gasteiger partial charge in [-0.05, 0) is 43.5 Å². The molecule has 1 unspecified atom stereocenters. The molecule has 0 aliphatic heterocycles. The molecule has 0 spiro atoms. The van der Waals surface area contributed by atoms with E-state index in [9.17, 15) is 0 Å². The lowest BCUT2D eigenvalue weighted by Crippen LogP contribution is -3.00. The second-order valence-electron chi connectivity index (χ2n) is 6.20. The molecule has 0 N–H and O–H groups in total. The Morgan fingerprint density at radius 2 is 0.818 bits per heavy atom. The van der Waals surface area contributed by atoms with Crippen LogP contribution in [0.3, 0.4) is 0 Å². The number of hydrogen-bond donors (Lipinski definition) is 0. The largest absolute Gasteiger partial charge is 1.00 e. The molecule has 1 atom stereocenters. The molecule has 0 bridgehead atoms. The van der Waals surface area contributed by atoms with E-state index in [4.69, 9.17) is 0 Å². The molecule has 0 aromatic heterocycles. The first-order valence-corrected chi connectivity index (χ1v) is 11.6. The molecule has 0 fully saturated rings. The molecule has 140 valence electrons. The molecule has 0 saturated carbocycles. The number of hydrogen-bond acceptors (Lipinski definition) is 0. The minimum absolute atomic E-state index is 0. The normalized spacial score (nSPS) is 10.4. The molecule has 0 aliphatic rings. The molecule has 0 heterocycles. The zero-order valence-electron chi connectivity index (χ0n) is 16.1. The van der Waals surface area contributed by atoms with Gasteiger partial charge in [0.2, 0.25) is 0 Å². The first kappa shape index (κ1) is 31.6. The van der Waals surface area contributed by atoms with E-state index in [-0.39, 0.29) is 43.9 Å². The Labute approximate surface area is 167 Å². The summed E-state index contributed by atoms with van der Waals surface area (Å²) in [4.78, 5) is 0. The summed E-state index contributed by atoms with van der Waals surface area (Å²) in [5.41, 5.74) is 0. The Kier molecular flexibility index (Phi) is 32.8. The van der Waals surface area contributed by atoms with Crippen LogP contribution >= 0.6 is 17.2 Å². The highest BCUT2D eigenvalue weighted by molar-refractivity contribution is 7.75. The van der Waals surface area contributed by atoms with Gasteiger partial charge in [0.25, 0.3) is 0 Å². The molecule has 0 saturated heterocycles. The molecule has 0 aliphatic carbocycles. The van der Waals surface area contributed by atoms with E-state index >= 15 is 0 Å². The molecule has 0 aromatic carbocycles. The third kappa shape index (κ3) is 16.7. The van der Waals surface area contributed by atoms with Crippen LogP contribution in [0.2, 0.25) is 0 Å². The monoisotopic (exact) mass is 480 g/mol. The van der Waals surface area contributed by atoms with Gasteiger partial charge in [-0.25, -0.2) is 0 Å². The molecule has 0 nitrogen and oxygen atoms in total. The van der Waals surface area contributed by atoms with Gasteiger partial charge < -0.3 is 34.0 Å². The third-order valence-electron chi connectivity index (χ3n) is 5.00. The summed E-state index contributed by atoms with van der Waals surface area (Å²) < 4.78 is 0. The van der Waals surface area contributed by atoms with Crippen molar-refractivity contribution in [3.63, 3.8) is 0 Å². The van der Waals surface area contributed by atoms with Gasteiger partial charge in [0, 0.05) is 7.26 Å². The van der Waals surface area contributed by atoms with Crippen LogP contribution in [0, 0.1) is 0 Å². The van der Waals surface area contributed by atoms with Crippen molar-refractivity contribution in [3.8, 4) is 0 Å². The van der Waals surface area contributed by atoms with Crippen LogP contribution in [0.5, 0.6) is 0 Å². The molecular formula is C18H44Br2P2. The zero-order valence-corrected chi connectivity index (χ0v) is 22.2. The van der Waals surface area contributed by atoms with Gasteiger partial charge in [-0.3, -0.25) is 0 Å². The average molecular weight is 482 g/mol. The van der Waals surface area contributed by atoms with E-state index in [0.29, 0.717) is 0 Å². The molecular weight excluding hydrogens is 438 g/mol. The smallest absolute Gasteiger partial charge is 0.0594 e. The highest BCUT2D eigenvalue weighted by Gasteiger charge is 2.29. The van der Waals surface area contributed by atoms with Crippen molar-refractivity contribution in [2.45, 2.75) is 91.9 Å². The van der Waals surface area contributed by atoms with Gasteiger partial charge in [0.1, 0.15) is 0 Å². The van der Waals surface area contributed by atoms with Gasteiger partial charge in [0.15, 0.2) is 0 Å². The summed E-state index contributed by atoms with van der Waals surface area (Å²) in [7, 11) is -0.513. The van der Waals surface area contributed by atoms with Crippen molar-refractivity contribution < 1.29 is 34.0 Å². The van der Waals surface area contributed by atoms with Crippen LogP contribution in [0.4, 0.5) is 0 Å². The van der Waals surface area contributed by atoms with Crippen LogP contribution in [0.25, 0.3) is 0 Å². The first-order chi connectivity index (χ1) is 9.24. The Morgan fingerprint density at radius 1 is 0.500 bits per heavy atom. The van der Waals surface area contributed by atoms with E-state index in [1.807, 2.05) is 0 Å². The van der Waals surface area contributed by atoms with Gasteiger partial charge in [-0.1, -0.05) is 58.3 Å². The van der Waals surface area contributed by atoms with Crippen molar-refractivity contribution >= 4 is 17.2 Å². The second kappa shape index (κ2) is 22.8. The molecule has 0 rings (SSSR count). The molecule has 4 heteroatoms. The van der Waals surface area contributed by atoms with E-state index in [2.05, 4.69) is 27.7 Å². The maximum atomic E-state index is 2.43. The molecule has 0 amide bonds. The predicted molar refractivity (Wildman–Crippen MR) is 108 cm³/mol. The predicted octanol–water partition coefficient (Wildman–Crippen LogP) is 0.783. The maximum Gasteiger partial charge on any atom is 0.0594 e. The third-order valence-corrected chi connectivity index (χ3v) is 10.3. The summed E-state index contributed by atoms with van der Waals surface area (Å²) in [6.45, 7) is 9.58. The van der Waals surface area contributed by atoms with E-state index in [0.717, 1.165) is 0 Å². The van der Waals surface area contributed by atoms with Crippen LogP contribution in [0.15, 0.2) is 0 Å². The molecule has 0 aromatic rings. The Balaban J connectivity index is -0.000000540. The summed E-state index contributed by atoms with van der Waals surface area (Å²) in [6, 6.07) is 0. The van der Waals surface area contributed by atoms with E-state index in [1.54, 1.807) is 6.16 Å². The van der Waals surface area contributed by atoms with Gasteiger partial charge >= 0.3 is 0 Å². The van der Waals surface area contributed by atoms with Crippen LogP contribution in [-0.2, 0) is 0 Å². The summed E-state index contributed by atoms with van der Waals surface area (Å²) >= 11 is 0. The van der Waals surface area contributed by atoms with Crippen molar-refractivity contribution in [2.24, 2.45) is 0 Å². The Morgan fingerprint density at radius 3 is 1.14 bits per heavy atom. The van der Waals surface area contributed by atoms with Gasteiger partial charge in [-0.2, -0.15) is 0 Å². The highest BCUT2D eigenvalue weighted by Crippen LogP contribution is 2.58.